The van der Waals surface area contributed by atoms with E-state index < -0.39 is 27.1 Å². The molecule has 1 N–H and O–H groups in total. The molecule has 0 spiro atoms. The van der Waals surface area contributed by atoms with Gasteiger partial charge in [-0.2, -0.15) is 9.46 Å². The van der Waals surface area contributed by atoms with Crippen LogP contribution in [0.1, 0.15) is 94.9 Å². The first kappa shape index (κ1) is 39.5. The Kier molecular flexibility index (Phi) is 8.84. The molecule has 4 aromatic heterocycles. The number of carbonyl (C=O) groups excluding carboxylic acids is 1. The van der Waals surface area contributed by atoms with E-state index >= 15 is 9.18 Å². The molecule has 7 aromatic rings. The fraction of sp³-hybridized carbons (Fsp3) is 0.370. The van der Waals surface area contributed by atoms with Crippen LogP contribution >= 0.6 is 0 Å². The molecule has 0 unspecified atom stereocenters. The highest BCUT2D eigenvalue weighted by molar-refractivity contribution is 7.92. The third-order valence-electron chi connectivity index (χ3n) is 13.7. The van der Waals surface area contributed by atoms with Crippen LogP contribution in [-0.2, 0) is 32.2 Å². The van der Waals surface area contributed by atoms with Gasteiger partial charge in [0.05, 0.1) is 44.3 Å². The van der Waals surface area contributed by atoms with E-state index in [1.165, 1.54) is 14.7 Å². The summed E-state index contributed by atoms with van der Waals surface area (Å²) < 4.78 is 49.8. The van der Waals surface area contributed by atoms with E-state index in [9.17, 15) is 13.8 Å². The SMILES string of the molecule is Cc1cc(-n2nc3c(c2-n2ccn(-c4ccc5c(c4)C[S@@](C)(=O)=N5)c2=O)[C@H](C)N(C(=O)c2cc4cc(C5CCOCC5)ccc4n2[C@@]2(c4noc(=O)[nH]4)C[C@@H]2C)CC3)cc(C)c1F. The summed E-state index contributed by atoms with van der Waals surface area (Å²) in [6.07, 6.45) is 7.83. The van der Waals surface area contributed by atoms with Crippen molar-refractivity contribution in [1.82, 2.24) is 38.5 Å². The second kappa shape index (κ2) is 14.1. The number of hydrogen-bond acceptors (Lipinski definition) is 9. The molecule has 1 saturated heterocycles. The lowest BCUT2D eigenvalue weighted by Gasteiger charge is -2.34. The zero-order chi connectivity index (χ0) is 43.7. The summed E-state index contributed by atoms with van der Waals surface area (Å²) in [6.45, 7) is 9.15. The number of fused-ring (bicyclic) bond motifs is 3. The Balaban J connectivity index is 1.05. The van der Waals surface area contributed by atoms with Gasteiger partial charge in [-0.1, -0.05) is 18.1 Å². The number of ether oxygens (including phenoxy) is 1. The summed E-state index contributed by atoms with van der Waals surface area (Å²) in [5, 5.41) is 10.2. The molecule has 15 nitrogen and oxygen atoms in total. The first-order valence-electron chi connectivity index (χ1n) is 21.4. The Hall–Kier alpha value is -6.33. The molecule has 7 heterocycles. The average molecular weight is 872 g/mol. The molecule has 4 atom stereocenters. The monoisotopic (exact) mass is 871 g/mol. The van der Waals surface area contributed by atoms with Gasteiger partial charge in [0.1, 0.15) is 22.9 Å². The van der Waals surface area contributed by atoms with Crippen molar-refractivity contribution in [3.8, 4) is 17.2 Å². The number of carbonyl (C=O) groups is 1. The number of nitrogens with zero attached hydrogens (tertiary/aromatic N) is 8. The molecule has 63 heavy (non-hydrogen) atoms. The normalized spacial score (nSPS) is 23.2. The Bertz CT molecular complexity index is 3300. The van der Waals surface area contributed by atoms with Gasteiger partial charge in [0, 0.05) is 61.3 Å². The Morgan fingerprint density at radius 2 is 1.71 bits per heavy atom. The molecule has 11 rings (SSSR count). The molecule has 2 fully saturated rings. The van der Waals surface area contributed by atoms with E-state index in [-0.39, 0.29) is 23.3 Å². The zero-order valence-electron chi connectivity index (χ0n) is 35.6. The van der Waals surface area contributed by atoms with Crippen molar-refractivity contribution < 1.29 is 22.7 Å². The zero-order valence-corrected chi connectivity index (χ0v) is 36.4. The van der Waals surface area contributed by atoms with E-state index in [0.717, 1.165) is 29.3 Å². The number of nitrogens with one attached hydrogen (secondary N) is 1. The van der Waals surface area contributed by atoms with Crippen molar-refractivity contribution >= 4 is 32.2 Å². The Morgan fingerprint density at radius 3 is 2.43 bits per heavy atom. The molecule has 1 aliphatic carbocycles. The number of aryl methyl sites for hydroxylation is 2. The van der Waals surface area contributed by atoms with E-state index in [1.807, 2.05) is 28.5 Å². The van der Waals surface area contributed by atoms with Crippen molar-refractivity contribution in [3.05, 3.63) is 139 Å². The van der Waals surface area contributed by atoms with Gasteiger partial charge in [0.25, 0.3) is 5.91 Å². The average Bonchev–Trinajstić information content (AvgIpc) is 3.86. The van der Waals surface area contributed by atoms with Crippen LogP contribution in [0.15, 0.2) is 85.5 Å². The third kappa shape index (κ3) is 6.14. The van der Waals surface area contributed by atoms with Gasteiger partial charge in [-0.3, -0.25) is 23.4 Å². The maximum absolute atomic E-state index is 15.5. The molecule has 3 aromatic carbocycles. The van der Waals surface area contributed by atoms with E-state index in [1.54, 1.807) is 61.4 Å². The highest BCUT2D eigenvalue weighted by atomic mass is 32.2. The second-order valence-corrected chi connectivity index (χ2v) is 20.2. The number of aromatic amines is 1. The summed E-state index contributed by atoms with van der Waals surface area (Å²) >= 11 is 0. The summed E-state index contributed by atoms with van der Waals surface area (Å²) in [7, 11) is -2.39. The van der Waals surface area contributed by atoms with Crippen LogP contribution in [0.25, 0.3) is 28.1 Å². The molecule has 17 heteroatoms. The number of imidazole rings is 1. The lowest BCUT2D eigenvalue weighted by molar-refractivity contribution is 0.0663. The van der Waals surface area contributed by atoms with Gasteiger partial charge < -0.3 is 14.2 Å². The summed E-state index contributed by atoms with van der Waals surface area (Å²) in [6, 6.07) is 16.6. The molecule has 4 aliphatic rings. The van der Waals surface area contributed by atoms with Gasteiger partial charge in [0.2, 0.25) is 0 Å². The number of hydrogen-bond donors (Lipinski definition) is 1. The molecule has 3 aliphatic heterocycles. The van der Waals surface area contributed by atoms with Crippen molar-refractivity contribution in [1.29, 1.82) is 0 Å². The van der Waals surface area contributed by atoms with Crippen molar-refractivity contribution in [3.63, 3.8) is 0 Å². The number of amides is 1. The summed E-state index contributed by atoms with van der Waals surface area (Å²) in [4.78, 5) is 47.2. The van der Waals surface area contributed by atoms with Crippen LogP contribution in [0.5, 0.6) is 0 Å². The quantitative estimate of drug-likeness (QED) is 0.181. The minimum atomic E-state index is -2.39. The van der Waals surface area contributed by atoms with Crippen molar-refractivity contribution in [2.24, 2.45) is 10.3 Å². The third-order valence-corrected chi connectivity index (χ3v) is 15.1. The van der Waals surface area contributed by atoms with E-state index in [2.05, 4.69) is 39.6 Å². The largest absolute Gasteiger partial charge is 0.438 e. The molecule has 0 bridgehead atoms. The maximum atomic E-state index is 15.5. The highest BCUT2D eigenvalue weighted by Crippen LogP contribution is 2.56. The molecular formula is C46H46FN9O6S. The van der Waals surface area contributed by atoms with Gasteiger partial charge in [-0.25, -0.2) is 22.9 Å². The lowest BCUT2D eigenvalue weighted by atomic mass is 9.91. The van der Waals surface area contributed by atoms with Gasteiger partial charge in [-0.15, -0.1) is 0 Å². The maximum Gasteiger partial charge on any atom is 0.438 e. The van der Waals surface area contributed by atoms with Crippen LogP contribution < -0.4 is 11.4 Å². The minimum Gasteiger partial charge on any atom is -0.381 e. The minimum absolute atomic E-state index is 0.0236. The standard InChI is InChI=1S/C46H46FN9O6S/c1-25-18-34(19-26(2)40(25)47)56-41(54-15-14-53(45(54)59)33-7-8-35-32(21-33)24-63(5,60)51-35)39-28(4)52(13-10-36(39)49-56)42(57)38-22-31-20-30(29-11-16-61-17-12-29)6-9-37(31)55(38)46(23-27(46)3)43-48-44(58)62-50-43/h6-9,14-15,18-22,27-29H,10-13,16-17,23-24H2,1-5H3,(H,48,50,58)/t27-,28-,46-,63+/m0/s1. The van der Waals surface area contributed by atoms with Gasteiger partial charge in [0.15, 0.2) is 5.82 Å². The first-order chi connectivity index (χ1) is 30.2. The van der Waals surface area contributed by atoms with Crippen LogP contribution in [0.3, 0.4) is 0 Å². The second-order valence-electron chi connectivity index (χ2n) is 17.8. The lowest BCUT2D eigenvalue weighted by Crippen LogP contribution is -2.41. The molecular weight excluding hydrogens is 826 g/mol. The van der Waals surface area contributed by atoms with Crippen LogP contribution in [0.4, 0.5) is 10.1 Å². The highest BCUT2D eigenvalue weighted by Gasteiger charge is 2.59. The van der Waals surface area contributed by atoms with Gasteiger partial charge in [-0.05, 0) is 123 Å². The van der Waals surface area contributed by atoms with E-state index in [4.69, 9.17) is 14.4 Å². The Morgan fingerprint density at radius 1 is 0.968 bits per heavy atom. The number of benzene rings is 3. The molecule has 1 saturated carbocycles. The number of rotatable bonds is 7. The fourth-order valence-electron chi connectivity index (χ4n) is 10.4. The number of H-pyrrole nitrogens is 1. The van der Waals surface area contributed by atoms with Crippen LogP contribution in [-0.4, -0.2) is 74.7 Å². The topological polar surface area (TPSA) is 168 Å². The number of aromatic nitrogens is 7. The van der Waals surface area contributed by atoms with Crippen LogP contribution in [0, 0.1) is 25.6 Å². The molecule has 0 radical (unpaired) electrons. The van der Waals surface area contributed by atoms with Crippen molar-refractivity contribution in [2.45, 2.75) is 76.6 Å². The Labute approximate surface area is 361 Å². The van der Waals surface area contributed by atoms with E-state index in [0.29, 0.717) is 101 Å². The predicted molar refractivity (Wildman–Crippen MR) is 234 cm³/mol. The van der Waals surface area contributed by atoms with Crippen molar-refractivity contribution in [2.75, 3.05) is 26.0 Å². The smallest absolute Gasteiger partial charge is 0.381 e. The van der Waals surface area contributed by atoms with Gasteiger partial charge >= 0.3 is 11.4 Å². The molecule has 324 valence electrons. The fourth-order valence-corrected chi connectivity index (χ4v) is 11.9. The first-order valence-corrected chi connectivity index (χ1v) is 23.4. The summed E-state index contributed by atoms with van der Waals surface area (Å²) in [5.41, 5.74) is 6.15. The molecule has 1 amide bonds. The summed E-state index contributed by atoms with van der Waals surface area (Å²) in [5.74, 6) is 0.246. The van der Waals surface area contributed by atoms with Crippen LogP contribution in [0.2, 0.25) is 0 Å². The number of halogens is 1. The predicted octanol–water partition coefficient (Wildman–Crippen LogP) is 6.88.